The molecule has 7 heteroatoms. The average Bonchev–Trinajstić information content (AvgIpc) is 2.80. The maximum atomic E-state index is 13.1. The van der Waals surface area contributed by atoms with Crippen molar-refractivity contribution in [1.82, 2.24) is 14.1 Å². The van der Waals surface area contributed by atoms with Crippen LogP contribution >= 0.6 is 0 Å². The van der Waals surface area contributed by atoms with E-state index in [0.717, 1.165) is 25.9 Å². The maximum absolute atomic E-state index is 13.1. The minimum absolute atomic E-state index is 0.101. The van der Waals surface area contributed by atoms with Gasteiger partial charge in [0.15, 0.2) is 0 Å². The van der Waals surface area contributed by atoms with E-state index >= 15 is 0 Å². The molecule has 2 aromatic rings. The zero-order valence-electron chi connectivity index (χ0n) is 18.1. The van der Waals surface area contributed by atoms with Gasteiger partial charge in [0.1, 0.15) is 0 Å². The van der Waals surface area contributed by atoms with E-state index in [0.29, 0.717) is 26.2 Å². The topological polar surface area (TPSA) is 60.9 Å². The SMILES string of the molecule is CS(=O)(=O)N1CCCC(C(=O)N2CCN(C(c3ccccc3)c3ccccc3)CC2)C1. The summed E-state index contributed by atoms with van der Waals surface area (Å²) in [6.07, 6.45) is 2.74. The van der Waals surface area contributed by atoms with Gasteiger partial charge in [-0.3, -0.25) is 9.69 Å². The molecule has 166 valence electrons. The smallest absolute Gasteiger partial charge is 0.227 e. The minimum atomic E-state index is -3.25. The number of sulfonamides is 1. The van der Waals surface area contributed by atoms with Crippen molar-refractivity contribution >= 4 is 15.9 Å². The molecule has 2 heterocycles. The van der Waals surface area contributed by atoms with Crippen molar-refractivity contribution in [2.75, 3.05) is 45.5 Å². The van der Waals surface area contributed by atoms with Crippen LogP contribution in [-0.2, 0) is 14.8 Å². The van der Waals surface area contributed by atoms with Crippen molar-refractivity contribution in [3.63, 3.8) is 0 Å². The second-order valence-corrected chi connectivity index (χ2v) is 10.5. The van der Waals surface area contributed by atoms with Crippen LogP contribution in [0, 0.1) is 5.92 Å². The Morgan fingerprint density at radius 1 is 0.871 bits per heavy atom. The molecule has 1 amide bonds. The third-order valence-electron chi connectivity index (χ3n) is 6.42. The Bertz CT molecular complexity index is 934. The van der Waals surface area contributed by atoms with Gasteiger partial charge in [-0.05, 0) is 24.0 Å². The molecule has 0 spiro atoms. The molecule has 2 aliphatic heterocycles. The molecule has 1 atom stereocenters. The molecule has 0 aliphatic carbocycles. The maximum Gasteiger partial charge on any atom is 0.227 e. The Balaban J connectivity index is 1.44. The predicted octanol–water partition coefficient (Wildman–Crippen LogP) is 2.59. The first-order valence-electron chi connectivity index (χ1n) is 11.0. The van der Waals surface area contributed by atoms with Crippen LogP contribution in [0.5, 0.6) is 0 Å². The average molecular weight is 442 g/mol. The fourth-order valence-corrected chi connectivity index (χ4v) is 5.70. The van der Waals surface area contributed by atoms with Crippen LogP contribution in [0.4, 0.5) is 0 Å². The molecule has 0 radical (unpaired) electrons. The van der Waals surface area contributed by atoms with Gasteiger partial charge in [-0.1, -0.05) is 60.7 Å². The normalized spacial score (nSPS) is 21.4. The number of rotatable bonds is 5. The fraction of sp³-hybridized carbons (Fsp3) is 0.458. The summed E-state index contributed by atoms with van der Waals surface area (Å²) in [5.74, 6) is -0.127. The Labute approximate surface area is 185 Å². The van der Waals surface area contributed by atoms with Crippen molar-refractivity contribution in [3.05, 3.63) is 71.8 Å². The van der Waals surface area contributed by atoms with Crippen molar-refractivity contribution in [3.8, 4) is 0 Å². The monoisotopic (exact) mass is 441 g/mol. The first-order chi connectivity index (χ1) is 14.9. The van der Waals surface area contributed by atoms with E-state index in [-0.39, 0.29) is 17.9 Å². The predicted molar refractivity (Wildman–Crippen MR) is 122 cm³/mol. The number of hydrogen-bond donors (Lipinski definition) is 0. The van der Waals surface area contributed by atoms with Crippen molar-refractivity contribution in [1.29, 1.82) is 0 Å². The highest BCUT2D eigenvalue weighted by Crippen LogP contribution is 2.30. The molecule has 0 saturated carbocycles. The molecule has 0 aromatic heterocycles. The van der Waals surface area contributed by atoms with Gasteiger partial charge in [0, 0.05) is 39.3 Å². The van der Waals surface area contributed by atoms with Crippen molar-refractivity contribution in [2.45, 2.75) is 18.9 Å². The zero-order valence-corrected chi connectivity index (χ0v) is 18.9. The van der Waals surface area contributed by atoms with E-state index in [4.69, 9.17) is 0 Å². The summed E-state index contributed by atoms with van der Waals surface area (Å²) in [7, 11) is -3.25. The van der Waals surface area contributed by atoms with Crippen LogP contribution in [0.15, 0.2) is 60.7 Å². The zero-order chi connectivity index (χ0) is 21.8. The molecule has 4 rings (SSSR count). The molecule has 6 nitrogen and oxygen atoms in total. The Kier molecular flexibility index (Phi) is 6.74. The summed E-state index contributed by atoms with van der Waals surface area (Å²) < 4.78 is 25.3. The second kappa shape index (κ2) is 9.51. The number of piperidine rings is 1. The largest absolute Gasteiger partial charge is 0.340 e. The third-order valence-corrected chi connectivity index (χ3v) is 7.69. The van der Waals surface area contributed by atoms with E-state index < -0.39 is 10.0 Å². The van der Waals surface area contributed by atoms with Gasteiger partial charge in [-0.15, -0.1) is 0 Å². The number of piperazine rings is 1. The number of carbonyl (C=O) groups excluding carboxylic acids is 1. The molecule has 31 heavy (non-hydrogen) atoms. The number of benzene rings is 2. The van der Waals surface area contributed by atoms with Crippen LogP contribution in [0.2, 0.25) is 0 Å². The first kappa shape index (κ1) is 22.0. The number of nitrogens with zero attached hydrogens (tertiary/aromatic N) is 3. The van der Waals surface area contributed by atoms with E-state index in [9.17, 15) is 13.2 Å². The summed E-state index contributed by atoms with van der Waals surface area (Å²) in [5.41, 5.74) is 2.51. The van der Waals surface area contributed by atoms with E-state index in [1.165, 1.54) is 21.7 Å². The summed E-state index contributed by atoms with van der Waals surface area (Å²) in [6, 6.07) is 21.2. The Morgan fingerprint density at radius 2 is 1.42 bits per heavy atom. The van der Waals surface area contributed by atoms with E-state index in [1.807, 2.05) is 17.0 Å². The van der Waals surface area contributed by atoms with Crippen LogP contribution in [0.25, 0.3) is 0 Å². The van der Waals surface area contributed by atoms with E-state index in [1.54, 1.807) is 0 Å². The molecular weight excluding hydrogens is 410 g/mol. The van der Waals surface area contributed by atoms with E-state index in [2.05, 4.69) is 53.4 Å². The number of hydrogen-bond acceptors (Lipinski definition) is 4. The fourth-order valence-electron chi connectivity index (χ4n) is 4.79. The lowest BCUT2D eigenvalue weighted by molar-refractivity contribution is -0.138. The molecule has 0 N–H and O–H groups in total. The highest BCUT2D eigenvalue weighted by atomic mass is 32.2. The molecular formula is C24H31N3O3S. The highest BCUT2D eigenvalue weighted by Gasteiger charge is 2.35. The summed E-state index contributed by atoms with van der Waals surface area (Å²) >= 11 is 0. The standard InChI is InChI=1S/C24H31N3O3S/c1-31(29,30)27-14-8-13-22(19-27)24(28)26-17-15-25(16-18-26)23(20-9-4-2-5-10-20)21-11-6-3-7-12-21/h2-7,9-12,22-23H,8,13-19H2,1H3. The van der Waals surface area contributed by atoms with Crippen LogP contribution in [-0.4, -0.2) is 74.0 Å². The quantitative estimate of drug-likeness (QED) is 0.716. The first-order valence-corrected chi connectivity index (χ1v) is 12.9. The molecule has 0 bridgehead atoms. The number of carbonyl (C=O) groups is 1. The summed E-state index contributed by atoms with van der Waals surface area (Å²) in [4.78, 5) is 17.5. The van der Waals surface area contributed by atoms with Crippen molar-refractivity contribution < 1.29 is 13.2 Å². The van der Waals surface area contributed by atoms with Gasteiger partial charge >= 0.3 is 0 Å². The highest BCUT2D eigenvalue weighted by molar-refractivity contribution is 7.88. The minimum Gasteiger partial charge on any atom is -0.340 e. The van der Waals surface area contributed by atoms with Crippen LogP contribution < -0.4 is 0 Å². The molecule has 2 aliphatic rings. The molecule has 2 fully saturated rings. The second-order valence-electron chi connectivity index (χ2n) is 8.55. The van der Waals surface area contributed by atoms with Gasteiger partial charge in [0.25, 0.3) is 0 Å². The third kappa shape index (κ3) is 5.17. The number of amides is 1. The lowest BCUT2D eigenvalue weighted by atomic mass is 9.95. The summed E-state index contributed by atoms with van der Waals surface area (Å²) in [5, 5.41) is 0. The van der Waals surface area contributed by atoms with Gasteiger partial charge in [0.05, 0.1) is 18.2 Å². The van der Waals surface area contributed by atoms with Crippen LogP contribution in [0.1, 0.15) is 30.0 Å². The van der Waals surface area contributed by atoms with Crippen molar-refractivity contribution in [2.24, 2.45) is 5.92 Å². The van der Waals surface area contributed by atoms with Gasteiger partial charge < -0.3 is 4.90 Å². The lowest BCUT2D eigenvalue weighted by Crippen LogP contribution is -2.53. The lowest BCUT2D eigenvalue weighted by Gasteiger charge is -2.41. The summed E-state index contributed by atoms with van der Waals surface area (Å²) in [6.45, 7) is 3.76. The Hall–Kier alpha value is -2.22. The Morgan fingerprint density at radius 3 is 1.94 bits per heavy atom. The molecule has 2 aromatic carbocycles. The van der Waals surface area contributed by atoms with Crippen LogP contribution in [0.3, 0.4) is 0 Å². The van der Waals surface area contributed by atoms with Gasteiger partial charge in [-0.25, -0.2) is 12.7 Å². The van der Waals surface area contributed by atoms with Gasteiger partial charge in [-0.2, -0.15) is 0 Å². The molecule has 2 saturated heterocycles. The van der Waals surface area contributed by atoms with Gasteiger partial charge in [0.2, 0.25) is 15.9 Å². The molecule has 1 unspecified atom stereocenters.